The van der Waals surface area contributed by atoms with Crippen LogP contribution in [0.4, 0.5) is 10.5 Å². The fourth-order valence-electron chi connectivity index (χ4n) is 4.88. The molecule has 1 saturated carbocycles. The van der Waals surface area contributed by atoms with Crippen molar-refractivity contribution in [1.29, 1.82) is 0 Å². The molecule has 4 amide bonds. The van der Waals surface area contributed by atoms with E-state index in [0.717, 1.165) is 31.2 Å². The molecule has 1 aliphatic heterocycles. The number of likely N-dealkylation sites (N-methyl/N-ethyl adjacent to an activating group) is 1. The minimum Gasteiger partial charge on any atom is -0.497 e. The van der Waals surface area contributed by atoms with E-state index in [4.69, 9.17) is 4.74 Å². The third kappa shape index (κ3) is 4.72. The van der Waals surface area contributed by atoms with Crippen molar-refractivity contribution in [3.63, 3.8) is 0 Å². The number of hydrogen-bond donors (Lipinski definition) is 0. The number of amides is 4. The number of ether oxygens (including phenoxy) is 1. The van der Waals surface area contributed by atoms with Crippen LogP contribution in [0.1, 0.15) is 38.2 Å². The van der Waals surface area contributed by atoms with Crippen LogP contribution in [0.2, 0.25) is 0 Å². The number of fused-ring (bicyclic) bond motifs is 1. The van der Waals surface area contributed by atoms with Crippen LogP contribution in [-0.2, 0) is 16.1 Å². The normalized spacial score (nSPS) is 20.4. The first-order chi connectivity index (χ1) is 16.0. The minimum absolute atomic E-state index is 0.0272. The van der Waals surface area contributed by atoms with Crippen molar-refractivity contribution in [3.8, 4) is 5.75 Å². The molecule has 4 rings (SSSR count). The molecule has 0 spiro atoms. The van der Waals surface area contributed by atoms with E-state index >= 15 is 0 Å². The molecular weight excluding hydrogens is 418 g/mol. The Morgan fingerprint density at radius 1 is 1.03 bits per heavy atom. The molecule has 0 bridgehead atoms. The van der Waals surface area contributed by atoms with Crippen LogP contribution in [0.15, 0.2) is 54.6 Å². The van der Waals surface area contributed by atoms with Crippen LogP contribution in [0.3, 0.4) is 0 Å². The van der Waals surface area contributed by atoms with Crippen LogP contribution in [0, 0.1) is 5.92 Å². The summed E-state index contributed by atoms with van der Waals surface area (Å²) in [5.74, 6) is 0.0894. The van der Waals surface area contributed by atoms with Gasteiger partial charge in [0.05, 0.1) is 18.7 Å². The standard InChI is InChI=1S/C26H31N3O4/c1-3-27(17-19-9-5-4-6-10-19)24(30)18-28-23-12-8-7-11-22(23)25(31)29(26(28)32)20-13-15-21(33-2)16-14-20/h4-6,9-10,13-16,22-23H,3,7-8,11-12,17-18H2,1-2H3. The van der Waals surface area contributed by atoms with Crippen LogP contribution >= 0.6 is 0 Å². The van der Waals surface area contributed by atoms with E-state index in [-0.39, 0.29) is 30.3 Å². The molecule has 0 N–H and O–H groups in total. The van der Waals surface area contributed by atoms with E-state index in [1.165, 1.54) is 4.90 Å². The van der Waals surface area contributed by atoms with E-state index in [0.29, 0.717) is 24.5 Å². The van der Waals surface area contributed by atoms with Gasteiger partial charge in [-0.05, 0) is 49.6 Å². The summed E-state index contributed by atoms with van der Waals surface area (Å²) in [6, 6.07) is 16.1. The fraction of sp³-hybridized carbons (Fsp3) is 0.423. The number of methoxy groups -OCH3 is 1. The average Bonchev–Trinajstić information content (AvgIpc) is 2.86. The zero-order chi connectivity index (χ0) is 23.4. The van der Waals surface area contributed by atoms with Crippen molar-refractivity contribution >= 4 is 23.5 Å². The van der Waals surface area contributed by atoms with Crippen LogP contribution in [-0.4, -0.2) is 53.9 Å². The summed E-state index contributed by atoms with van der Waals surface area (Å²) in [7, 11) is 1.57. The van der Waals surface area contributed by atoms with E-state index in [1.807, 2.05) is 37.3 Å². The van der Waals surface area contributed by atoms with E-state index in [2.05, 4.69) is 0 Å². The number of carbonyl (C=O) groups is 3. The summed E-state index contributed by atoms with van der Waals surface area (Å²) >= 11 is 0. The largest absolute Gasteiger partial charge is 0.497 e. The molecule has 2 atom stereocenters. The van der Waals surface area contributed by atoms with Crippen molar-refractivity contribution < 1.29 is 19.1 Å². The zero-order valence-electron chi connectivity index (χ0n) is 19.3. The Morgan fingerprint density at radius 3 is 2.39 bits per heavy atom. The predicted octanol–water partition coefficient (Wildman–Crippen LogP) is 4.07. The molecule has 7 heteroatoms. The van der Waals surface area contributed by atoms with Crippen LogP contribution < -0.4 is 9.64 Å². The molecule has 0 radical (unpaired) electrons. The minimum atomic E-state index is -0.419. The zero-order valence-corrected chi connectivity index (χ0v) is 19.3. The second-order valence-corrected chi connectivity index (χ2v) is 8.63. The van der Waals surface area contributed by atoms with Gasteiger partial charge < -0.3 is 14.5 Å². The van der Waals surface area contributed by atoms with E-state index in [9.17, 15) is 14.4 Å². The first kappa shape index (κ1) is 22.8. The van der Waals surface area contributed by atoms with Crippen molar-refractivity contribution in [2.75, 3.05) is 25.1 Å². The van der Waals surface area contributed by atoms with Gasteiger partial charge in [0, 0.05) is 19.1 Å². The van der Waals surface area contributed by atoms with Gasteiger partial charge >= 0.3 is 6.03 Å². The van der Waals surface area contributed by atoms with Crippen LogP contribution in [0.25, 0.3) is 0 Å². The average molecular weight is 450 g/mol. The van der Waals surface area contributed by atoms with E-state index in [1.54, 1.807) is 41.2 Å². The molecule has 7 nitrogen and oxygen atoms in total. The number of nitrogens with zero attached hydrogens (tertiary/aromatic N) is 3. The van der Waals surface area contributed by atoms with Crippen molar-refractivity contribution in [2.45, 2.75) is 45.2 Å². The predicted molar refractivity (Wildman–Crippen MR) is 126 cm³/mol. The maximum Gasteiger partial charge on any atom is 0.332 e. The van der Waals surface area contributed by atoms with Crippen molar-refractivity contribution in [1.82, 2.24) is 9.80 Å². The molecule has 1 aliphatic carbocycles. The first-order valence-electron chi connectivity index (χ1n) is 11.6. The lowest BCUT2D eigenvalue weighted by Gasteiger charge is -2.46. The third-order valence-electron chi connectivity index (χ3n) is 6.69. The number of urea groups is 1. The Balaban J connectivity index is 1.58. The first-order valence-corrected chi connectivity index (χ1v) is 11.6. The Labute approximate surface area is 194 Å². The van der Waals surface area contributed by atoms with Gasteiger partial charge in [-0.1, -0.05) is 43.2 Å². The summed E-state index contributed by atoms with van der Waals surface area (Å²) in [5, 5.41) is 0. The monoisotopic (exact) mass is 449 g/mol. The lowest BCUT2D eigenvalue weighted by Crippen LogP contribution is -2.64. The highest BCUT2D eigenvalue weighted by atomic mass is 16.5. The maximum atomic E-state index is 13.6. The highest BCUT2D eigenvalue weighted by Crippen LogP contribution is 2.36. The molecule has 0 aromatic heterocycles. The molecule has 2 unspecified atom stereocenters. The summed E-state index contributed by atoms with van der Waals surface area (Å²) < 4.78 is 5.21. The number of hydrogen-bond acceptors (Lipinski definition) is 4. The Bertz CT molecular complexity index is 992. The molecule has 174 valence electrons. The lowest BCUT2D eigenvalue weighted by molar-refractivity contribution is -0.135. The fourth-order valence-corrected chi connectivity index (χ4v) is 4.88. The van der Waals surface area contributed by atoms with Gasteiger partial charge in [0.25, 0.3) is 0 Å². The number of imide groups is 1. The summed E-state index contributed by atoms with van der Waals surface area (Å²) in [6.45, 7) is 2.95. The summed E-state index contributed by atoms with van der Waals surface area (Å²) in [4.78, 5) is 44.8. The molecule has 2 aromatic rings. The van der Waals surface area contributed by atoms with Crippen molar-refractivity contribution in [3.05, 3.63) is 60.2 Å². The Hall–Kier alpha value is -3.35. The smallest absolute Gasteiger partial charge is 0.332 e. The quantitative estimate of drug-likeness (QED) is 0.639. The van der Waals surface area contributed by atoms with Gasteiger partial charge in [-0.15, -0.1) is 0 Å². The number of rotatable bonds is 7. The Kier molecular flexibility index (Phi) is 6.96. The molecule has 2 fully saturated rings. The lowest BCUT2D eigenvalue weighted by atomic mass is 9.81. The van der Waals surface area contributed by atoms with E-state index < -0.39 is 6.03 Å². The summed E-state index contributed by atoms with van der Waals surface area (Å²) in [6.07, 6.45) is 3.39. The number of carbonyl (C=O) groups excluding carboxylic acids is 3. The highest BCUT2D eigenvalue weighted by Gasteiger charge is 2.48. The van der Waals surface area contributed by atoms with Gasteiger partial charge in [-0.2, -0.15) is 0 Å². The highest BCUT2D eigenvalue weighted by molar-refractivity contribution is 6.17. The molecule has 1 heterocycles. The van der Waals surface area contributed by atoms with Crippen molar-refractivity contribution in [2.24, 2.45) is 5.92 Å². The van der Waals surface area contributed by atoms with Gasteiger partial charge in [-0.3, -0.25) is 9.59 Å². The maximum absolute atomic E-state index is 13.6. The van der Waals surface area contributed by atoms with Gasteiger partial charge in [0.1, 0.15) is 12.3 Å². The third-order valence-corrected chi connectivity index (χ3v) is 6.69. The van der Waals surface area contributed by atoms with Gasteiger partial charge in [-0.25, -0.2) is 9.69 Å². The molecule has 2 aromatic carbocycles. The number of anilines is 1. The SMILES string of the molecule is CCN(Cc1ccccc1)C(=O)CN1C(=O)N(c2ccc(OC)cc2)C(=O)C2CCCCC21. The molecule has 1 saturated heterocycles. The number of benzene rings is 2. The topological polar surface area (TPSA) is 70.2 Å². The van der Waals surface area contributed by atoms with Gasteiger partial charge in [0.15, 0.2) is 0 Å². The summed E-state index contributed by atoms with van der Waals surface area (Å²) in [5.41, 5.74) is 1.55. The second-order valence-electron chi connectivity index (χ2n) is 8.63. The molecule has 2 aliphatic rings. The Morgan fingerprint density at radius 2 is 1.73 bits per heavy atom. The molecule has 33 heavy (non-hydrogen) atoms. The van der Waals surface area contributed by atoms with Crippen LogP contribution in [0.5, 0.6) is 5.75 Å². The van der Waals surface area contributed by atoms with Gasteiger partial charge in [0.2, 0.25) is 11.8 Å². The second kappa shape index (κ2) is 10.1. The molecular formula is C26H31N3O4.